The van der Waals surface area contributed by atoms with E-state index in [-0.39, 0.29) is 17.4 Å². The molecule has 2 aliphatic rings. The van der Waals surface area contributed by atoms with E-state index >= 15 is 0 Å². The number of para-hydroxylation sites is 1. The van der Waals surface area contributed by atoms with Gasteiger partial charge in [-0.15, -0.1) is 0 Å². The van der Waals surface area contributed by atoms with Crippen LogP contribution in [0, 0.1) is 0 Å². The summed E-state index contributed by atoms with van der Waals surface area (Å²) in [7, 11) is 1.67. The van der Waals surface area contributed by atoms with Gasteiger partial charge in [-0.3, -0.25) is 4.79 Å². The second-order valence-electron chi connectivity index (χ2n) is 7.56. The lowest BCUT2D eigenvalue weighted by atomic mass is 9.83. The van der Waals surface area contributed by atoms with E-state index < -0.39 is 0 Å². The Hall–Kier alpha value is -2.75. The molecule has 1 unspecified atom stereocenters. The summed E-state index contributed by atoms with van der Waals surface area (Å²) in [6.07, 6.45) is 2.31. The largest absolute Gasteiger partial charge is 0.497 e. The molecular formula is C22H22N2O2. The zero-order chi connectivity index (χ0) is 17.9. The molecule has 0 bridgehead atoms. The van der Waals surface area contributed by atoms with Gasteiger partial charge in [0.2, 0.25) is 5.91 Å². The van der Waals surface area contributed by atoms with Gasteiger partial charge in [0.15, 0.2) is 0 Å². The van der Waals surface area contributed by atoms with Crippen LogP contribution in [0.15, 0.2) is 48.5 Å². The molecule has 1 aromatic heterocycles. The molecule has 1 amide bonds. The zero-order valence-corrected chi connectivity index (χ0v) is 15.1. The van der Waals surface area contributed by atoms with Crippen LogP contribution in [0.1, 0.15) is 42.6 Å². The molecular weight excluding hydrogens is 324 g/mol. The second-order valence-corrected chi connectivity index (χ2v) is 7.56. The van der Waals surface area contributed by atoms with Crippen molar-refractivity contribution in [3.05, 3.63) is 65.4 Å². The van der Waals surface area contributed by atoms with E-state index in [0.29, 0.717) is 0 Å². The van der Waals surface area contributed by atoms with Crippen LogP contribution in [0.3, 0.4) is 0 Å². The van der Waals surface area contributed by atoms with Crippen molar-refractivity contribution in [2.24, 2.45) is 0 Å². The third-order valence-corrected chi connectivity index (χ3v) is 6.01. The lowest BCUT2D eigenvalue weighted by Gasteiger charge is -2.40. The molecule has 1 aliphatic carbocycles. The summed E-state index contributed by atoms with van der Waals surface area (Å²) < 4.78 is 5.30. The van der Waals surface area contributed by atoms with Gasteiger partial charge in [0.05, 0.1) is 13.2 Å². The molecule has 1 aliphatic heterocycles. The third-order valence-electron chi connectivity index (χ3n) is 6.01. The molecule has 5 rings (SSSR count). The number of nitrogens with one attached hydrogen (secondary N) is 1. The van der Waals surface area contributed by atoms with Crippen LogP contribution in [-0.4, -0.2) is 29.4 Å². The summed E-state index contributed by atoms with van der Waals surface area (Å²) in [6, 6.07) is 16.5. The predicted molar refractivity (Wildman–Crippen MR) is 101 cm³/mol. The number of amides is 1. The first kappa shape index (κ1) is 15.5. The average Bonchev–Trinajstić information content (AvgIpc) is 3.31. The molecule has 4 nitrogen and oxygen atoms in total. The molecule has 2 heterocycles. The fraction of sp³-hybridized carbons (Fsp3) is 0.318. The van der Waals surface area contributed by atoms with Crippen LogP contribution < -0.4 is 4.74 Å². The predicted octanol–water partition coefficient (Wildman–Crippen LogP) is 4.16. The van der Waals surface area contributed by atoms with Crippen molar-refractivity contribution in [3.63, 3.8) is 0 Å². The fourth-order valence-electron chi connectivity index (χ4n) is 4.58. The maximum atomic E-state index is 12.5. The highest BCUT2D eigenvalue weighted by atomic mass is 16.5. The Morgan fingerprint density at radius 2 is 1.88 bits per heavy atom. The Balaban J connectivity index is 1.74. The molecule has 132 valence electrons. The van der Waals surface area contributed by atoms with Crippen molar-refractivity contribution in [1.29, 1.82) is 0 Å². The standard InChI is InChI=1S/C22H22N2O2/c1-14(25)24-13-22(11-12-22)19-17-5-3-4-6-18(17)23-20(19)21(24)15-7-9-16(26-2)10-8-15/h3-10,21,23H,11-13H2,1-2H3. The molecule has 1 spiro atoms. The summed E-state index contributed by atoms with van der Waals surface area (Å²) in [5.41, 5.74) is 5.00. The Labute approximate surface area is 152 Å². The highest BCUT2D eigenvalue weighted by Gasteiger charge is 2.54. The van der Waals surface area contributed by atoms with Crippen LogP contribution in [0.2, 0.25) is 0 Å². The van der Waals surface area contributed by atoms with E-state index in [9.17, 15) is 4.79 Å². The minimum absolute atomic E-state index is 0.0768. The van der Waals surface area contributed by atoms with Crippen molar-refractivity contribution >= 4 is 16.8 Å². The minimum Gasteiger partial charge on any atom is -0.497 e. The minimum atomic E-state index is -0.0768. The van der Waals surface area contributed by atoms with Crippen LogP contribution in [0.4, 0.5) is 0 Å². The Kier molecular flexibility index (Phi) is 3.20. The first-order chi connectivity index (χ1) is 12.6. The smallest absolute Gasteiger partial charge is 0.220 e. The number of nitrogens with zero attached hydrogens (tertiary/aromatic N) is 1. The Bertz CT molecular complexity index is 999. The van der Waals surface area contributed by atoms with E-state index in [1.54, 1.807) is 14.0 Å². The molecule has 0 saturated heterocycles. The quantitative estimate of drug-likeness (QED) is 0.757. The fourth-order valence-corrected chi connectivity index (χ4v) is 4.58. The van der Waals surface area contributed by atoms with Crippen molar-refractivity contribution in [2.45, 2.75) is 31.2 Å². The highest BCUT2D eigenvalue weighted by Crippen LogP contribution is 2.57. The molecule has 1 N–H and O–H groups in total. The van der Waals surface area contributed by atoms with Crippen LogP contribution >= 0.6 is 0 Å². The summed E-state index contributed by atoms with van der Waals surface area (Å²) >= 11 is 0. The van der Waals surface area contributed by atoms with Crippen LogP contribution in [0.5, 0.6) is 5.75 Å². The van der Waals surface area contributed by atoms with Gasteiger partial charge in [-0.25, -0.2) is 0 Å². The topological polar surface area (TPSA) is 45.3 Å². The zero-order valence-electron chi connectivity index (χ0n) is 15.1. The van der Waals surface area contributed by atoms with Gasteiger partial charge in [-0.05, 0) is 42.2 Å². The number of carbonyl (C=O) groups excluding carboxylic acids is 1. The highest BCUT2D eigenvalue weighted by molar-refractivity contribution is 5.88. The van der Waals surface area contributed by atoms with Crippen LogP contribution in [-0.2, 0) is 10.2 Å². The van der Waals surface area contributed by atoms with Crippen molar-refractivity contribution in [2.75, 3.05) is 13.7 Å². The maximum absolute atomic E-state index is 12.5. The Morgan fingerprint density at radius 3 is 2.54 bits per heavy atom. The van der Waals surface area contributed by atoms with Gasteiger partial charge in [-0.2, -0.15) is 0 Å². The molecule has 3 aromatic rings. The molecule has 2 aromatic carbocycles. The molecule has 1 atom stereocenters. The molecule has 0 radical (unpaired) electrons. The molecule has 4 heteroatoms. The van der Waals surface area contributed by atoms with Gasteiger partial charge < -0.3 is 14.6 Å². The van der Waals surface area contributed by atoms with Gasteiger partial charge in [0.25, 0.3) is 0 Å². The lowest BCUT2D eigenvalue weighted by molar-refractivity contribution is -0.131. The van der Waals surface area contributed by atoms with Gasteiger partial charge in [-0.1, -0.05) is 30.3 Å². The van der Waals surface area contributed by atoms with E-state index in [4.69, 9.17) is 4.74 Å². The first-order valence-corrected chi connectivity index (χ1v) is 9.15. The Morgan fingerprint density at radius 1 is 1.15 bits per heavy atom. The monoisotopic (exact) mass is 346 g/mol. The number of methoxy groups -OCH3 is 1. The molecule has 1 fully saturated rings. The average molecular weight is 346 g/mol. The number of aromatic amines is 1. The summed E-state index contributed by atoms with van der Waals surface area (Å²) in [4.78, 5) is 18.2. The number of H-pyrrole nitrogens is 1. The number of hydrogen-bond donors (Lipinski definition) is 1. The lowest BCUT2D eigenvalue weighted by Crippen LogP contribution is -2.44. The normalized spacial score (nSPS) is 20.2. The van der Waals surface area contributed by atoms with Crippen molar-refractivity contribution in [1.82, 2.24) is 9.88 Å². The first-order valence-electron chi connectivity index (χ1n) is 9.15. The number of fused-ring (bicyclic) bond motifs is 4. The third kappa shape index (κ3) is 2.11. The van der Waals surface area contributed by atoms with Gasteiger partial charge >= 0.3 is 0 Å². The SMILES string of the molecule is COc1ccc(C2c3[nH]c4ccccc4c3C3(CC3)CN2C(C)=O)cc1. The molecule has 26 heavy (non-hydrogen) atoms. The maximum Gasteiger partial charge on any atom is 0.220 e. The van der Waals surface area contributed by atoms with Crippen molar-refractivity contribution < 1.29 is 9.53 Å². The van der Waals surface area contributed by atoms with E-state index in [0.717, 1.165) is 36.2 Å². The number of rotatable bonds is 2. The summed E-state index contributed by atoms with van der Waals surface area (Å²) in [6.45, 7) is 2.48. The second kappa shape index (κ2) is 5.37. The number of carbonyl (C=O) groups is 1. The van der Waals surface area contributed by atoms with Crippen LogP contribution in [0.25, 0.3) is 10.9 Å². The number of ether oxygens (including phenoxy) is 1. The van der Waals surface area contributed by atoms with Gasteiger partial charge in [0.1, 0.15) is 5.75 Å². The van der Waals surface area contributed by atoms with Gasteiger partial charge in [0, 0.05) is 35.5 Å². The van der Waals surface area contributed by atoms with E-state index in [1.807, 2.05) is 17.0 Å². The molecule has 1 saturated carbocycles. The summed E-state index contributed by atoms with van der Waals surface area (Å²) in [5, 5.41) is 1.31. The van der Waals surface area contributed by atoms with Crippen molar-refractivity contribution in [3.8, 4) is 5.75 Å². The van der Waals surface area contributed by atoms with E-state index in [2.05, 4.69) is 41.4 Å². The number of hydrogen-bond acceptors (Lipinski definition) is 2. The number of benzene rings is 2. The van der Waals surface area contributed by atoms with E-state index in [1.165, 1.54) is 16.6 Å². The summed E-state index contributed by atoms with van der Waals surface area (Å²) in [5.74, 6) is 0.955. The number of aromatic nitrogens is 1.